The van der Waals surface area contributed by atoms with Gasteiger partial charge in [-0.05, 0) is 54.9 Å². The summed E-state index contributed by atoms with van der Waals surface area (Å²) in [6.07, 6.45) is 4.12. The Hall–Kier alpha value is -1.56. The van der Waals surface area contributed by atoms with Gasteiger partial charge in [-0.3, -0.25) is 0 Å². The Bertz CT molecular complexity index is 562. The van der Waals surface area contributed by atoms with E-state index in [1.54, 1.807) is 5.56 Å². The fourth-order valence-electron chi connectivity index (χ4n) is 2.93. The minimum Gasteiger partial charge on any atom is -0.0619 e. The van der Waals surface area contributed by atoms with Gasteiger partial charge in [0.05, 0.1) is 0 Å². The summed E-state index contributed by atoms with van der Waals surface area (Å²) in [5.74, 6) is 0.793. The van der Waals surface area contributed by atoms with Crippen molar-refractivity contribution in [1.82, 2.24) is 0 Å². The molecule has 1 fully saturated rings. The van der Waals surface area contributed by atoms with Crippen molar-refractivity contribution < 1.29 is 0 Å². The molecule has 1 saturated carbocycles. The molecular formula is C18H20. The lowest BCUT2D eigenvalue weighted by Gasteiger charge is -2.28. The summed E-state index contributed by atoms with van der Waals surface area (Å²) in [5.41, 5.74) is 7.14. The van der Waals surface area contributed by atoms with Crippen LogP contribution >= 0.6 is 0 Å². The van der Waals surface area contributed by atoms with Gasteiger partial charge >= 0.3 is 0 Å². The lowest BCUT2D eigenvalue weighted by Crippen LogP contribution is -2.10. The van der Waals surface area contributed by atoms with E-state index in [0.29, 0.717) is 0 Å². The van der Waals surface area contributed by atoms with Crippen molar-refractivity contribution in [1.29, 1.82) is 0 Å². The van der Waals surface area contributed by atoms with Crippen LogP contribution in [0, 0.1) is 13.8 Å². The van der Waals surface area contributed by atoms with Crippen molar-refractivity contribution in [3.8, 4) is 11.1 Å². The lowest BCUT2D eigenvalue weighted by atomic mass is 9.77. The first-order chi connectivity index (χ1) is 8.75. The van der Waals surface area contributed by atoms with Crippen molar-refractivity contribution in [3.63, 3.8) is 0 Å². The van der Waals surface area contributed by atoms with Crippen molar-refractivity contribution in [2.45, 2.75) is 39.0 Å². The summed E-state index contributed by atoms with van der Waals surface area (Å²) in [5, 5.41) is 0. The molecule has 0 nitrogen and oxygen atoms in total. The minimum absolute atomic E-state index is 0.793. The maximum Gasteiger partial charge on any atom is -0.0146 e. The minimum atomic E-state index is 0.793. The van der Waals surface area contributed by atoms with Gasteiger partial charge in [0.25, 0.3) is 0 Å². The SMILES string of the molecule is Cc1ccc(-c2ccccc2C2CCC2)c(C)c1. The van der Waals surface area contributed by atoms with Crippen LogP contribution in [-0.2, 0) is 0 Å². The molecule has 2 aromatic rings. The van der Waals surface area contributed by atoms with Gasteiger partial charge in [-0.25, -0.2) is 0 Å². The first-order valence-corrected chi connectivity index (χ1v) is 6.92. The molecule has 0 saturated heterocycles. The van der Waals surface area contributed by atoms with Gasteiger partial charge in [-0.1, -0.05) is 54.4 Å². The van der Waals surface area contributed by atoms with Crippen LogP contribution in [0.4, 0.5) is 0 Å². The van der Waals surface area contributed by atoms with Crippen molar-refractivity contribution in [2.24, 2.45) is 0 Å². The molecule has 0 unspecified atom stereocenters. The Morgan fingerprint density at radius 3 is 2.33 bits per heavy atom. The molecule has 2 aromatic carbocycles. The zero-order chi connectivity index (χ0) is 12.5. The number of rotatable bonds is 2. The highest BCUT2D eigenvalue weighted by Crippen LogP contribution is 2.41. The fraction of sp³-hybridized carbons (Fsp3) is 0.333. The Labute approximate surface area is 110 Å². The number of hydrogen-bond donors (Lipinski definition) is 0. The van der Waals surface area contributed by atoms with E-state index >= 15 is 0 Å². The summed E-state index contributed by atoms with van der Waals surface area (Å²) in [4.78, 5) is 0. The number of benzene rings is 2. The monoisotopic (exact) mass is 236 g/mol. The van der Waals surface area contributed by atoms with Gasteiger partial charge < -0.3 is 0 Å². The molecular weight excluding hydrogens is 216 g/mol. The van der Waals surface area contributed by atoms with Crippen LogP contribution in [0.1, 0.15) is 41.9 Å². The van der Waals surface area contributed by atoms with E-state index in [0.717, 1.165) is 5.92 Å². The van der Waals surface area contributed by atoms with Gasteiger partial charge in [-0.2, -0.15) is 0 Å². The average Bonchev–Trinajstić information content (AvgIpc) is 2.28. The molecule has 0 atom stereocenters. The second kappa shape index (κ2) is 4.61. The van der Waals surface area contributed by atoms with Crippen LogP contribution in [0.5, 0.6) is 0 Å². The zero-order valence-corrected chi connectivity index (χ0v) is 11.2. The summed E-state index contributed by atoms with van der Waals surface area (Å²) in [6.45, 7) is 4.38. The molecule has 1 aliphatic carbocycles. The Morgan fingerprint density at radius 1 is 0.889 bits per heavy atom. The molecule has 0 N–H and O–H groups in total. The van der Waals surface area contributed by atoms with Gasteiger partial charge in [0, 0.05) is 0 Å². The van der Waals surface area contributed by atoms with Crippen LogP contribution in [0.25, 0.3) is 11.1 Å². The first kappa shape index (κ1) is 11.5. The Balaban J connectivity index is 2.10. The molecule has 0 heteroatoms. The third-order valence-electron chi connectivity index (χ3n) is 4.18. The normalized spacial score (nSPS) is 15.4. The van der Waals surface area contributed by atoms with E-state index in [9.17, 15) is 0 Å². The quantitative estimate of drug-likeness (QED) is 0.669. The van der Waals surface area contributed by atoms with E-state index in [1.165, 1.54) is 41.5 Å². The zero-order valence-electron chi connectivity index (χ0n) is 11.2. The molecule has 0 bridgehead atoms. The average molecular weight is 236 g/mol. The van der Waals surface area contributed by atoms with Crippen molar-refractivity contribution in [2.75, 3.05) is 0 Å². The molecule has 1 aliphatic rings. The Morgan fingerprint density at radius 2 is 1.67 bits per heavy atom. The maximum absolute atomic E-state index is 2.32. The molecule has 0 spiro atoms. The molecule has 0 heterocycles. The van der Waals surface area contributed by atoms with Gasteiger partial charge in [0.2, 0.25) is 0 Å². The van der Waals surface area contributed by atoms with E-state index in [2.05, 4.69) is 56.3 Å². The second-order valence-corrected chi connectivity index (χ2v) is 5.53. The van der Waals surface area contributed by atoms with Crippen LogP contribution in [0.2, 0.25) is 0 Å². The number of hydrogen-bond acceptors (Lipinski definition) is 0. The maximum atomic E-state index is 2.32. The van der Waals surface area contributed by atoms with E-state index < -0.39 is 0 Å². The van der Waals surface area contributed by atoms with Crippen molar-refractivity contribution >= 4 is 0 Å². The molecule has 18 heavy (non-hydrogen) atoms. The van der Waals surface area contributed by atoms with Gasteiger partial charge in [0.15, 0.2) is 0 Å². The Kier molecular flexibility index (Phi) is 2.95. The topological polar surface area (TPSA) is 0 Å². The summed E-state index contributed by atoms with van der Waals surface area (Å²) >= 11 is 0. The molecule has 92 valence electrons. The van der Waals surface area contributed by atoms with E-state index in [1.807, 2.05) is 0 Å². The molecule has 0 amide bonds. The highest BCUT2D eigenvalue weighted by atomic mass is 14.3. The third-order valence-corrected chi connectivity index (χ3v) is 4.18. The van der Waals surface area contributed by atoms with Crippen LogP contribution in [-0.4, -0.2) is 0 Å². The number of aryl methyl sites for hydroxylation is 2. The van der Waals surface area contributed by atoms with E-state index in [-0.39, 0.29) is 0 Å². The standard InChI is InChI=1S/C18H20/c1-13-10-11-16(14(2)12-13)18-9-4-3-8-17(18)15-6-5-7-15/h3-4,8-12,15H,5-7H2,1-2H3. The second-order valence-electron chi connectivity index (χ2n) is 5.53. The molecule has 3 rings (SSSR count). The molecule has 0 radical (unpaired) electrons. The van der Waals surface area contributed by atoms with Crippen LogP contribution in [0.3, 0.4) is 0 Å². The largest absolute Gasteiger partial charge is 0.0619 e. The first-order valence-electron chi connectivity index (χ1n) is 6.92. The van der Waals surface area contributed by atoms with Gasteiger partial charge in [0.1, 0.15) is 0 Å². The summed E-state index contributed by atoms with van der Waals surface area (Å²) in [6, 6.07) is 15.7. The third kappa shape index (κ3) is 1.96. The fourth-order valence-corrected chi connectivity index (χ4v) is 2.93. The highest BCUT2D eigenvalue weighted by molar-refractivity contribution is 5.71. The van der Waals surface area contributed by atoms with Gasteiger partial charge in [-0.15, -0.1) is 0 Å². The smallest absolute Gasteiger partial charge is 0.0146 e. The van der Waals surface area contributed by atoms with E-state index in [4.69, 9.17) is 0 Å². The summed E-state index contributed by atoms with van der Waals surface area (Å²) < 4.78 is 0. The molecule has 0 aromatic heterocycles. The van der Waals surface area contributed by atoms with Crippen molar-refractivity contribution in [3.05, 3.63) is 59.2 Å². The summed E-state index contributed by atoms with van der Waals surface area (Å²) in [7, 11) is 0. The predicted molar refractivity (Wildman–Crippen MR) is 77.9 cm³/mol. The van der Waals surface area contributed by atoms with Crippen LogP contribution in [0.15, 0.2) is 42.5 Å². The molecule has 0 aliphatic heterocycles. The predicted octanol–water partition coefficient (Wildman–Crippen LogP) is 5.24. The highest BCUT2D eigenvalue weighted by Gasteiger charge is 2.22. The van der Waals surface area contributed by atoms with Crippen LogP contribution < -0.4 is 0 Å². The lowest BCUT2D eigenvalue weighted by molar-refractivity contribution is 0.420.